The Labute approximate surface area is 104 Å². The molecule has 0 spiro atoms. The first kappa shape index (κ1) is 12.0. The van der Waals surface area contributed by atoms with E-state index in [9.17, 15) is 4.79 Å². The Morgan fingerprint density at radius 1 is 0.944 bits per heavy atom. The molecule has 0 radical (unpaired) electrons. The molecule has 94 valence electrons. The Bertz CT molecular complexity index is 598. The summed E-state index contributed by atoms with van der Waals surface area (Å²) in [5, 5.41) is 0. The van der Waals surface area contributed by atoms with Crippen molar-refractivity contribution < 1.29 is 9.47 Å². The molecule has 5 nitrogen and oxygen atoms in total. The van der Waals surface area contributed by atoms with Gasteiger partial charge in [-0.2, -0.15) is 0 Å². The number of H-pyrrole nitrogens is 1. The minimum atomic E-state index is -0.244. The number of nitrogens with one attached hydrogen (secondary N) is 1. The quantitative estimate of drug-likeness (QED) is 0.863. The van der Waals surface area contributed by atoms with E-state index in [-0.39, 0.29) is 5.56 Å². The van der Waals surface area contributed by atoms with Crippen LogP contribution in [0.15, 0.2) is 35.1 Å². The summed E-state index contributed by atoms with van der Waals surface area (Å²) in [6.45, 7) is 0. The lowest BCUT2D eigenvalue weighted by Gasteiger charge is -2.08. The van der Waals surface area contributed by atoms with Crippen molar-refractivity contribution in [2.24, 2.45) is 0 Å². The van der Waals surface area contributed by atoms with E-state index in [0.717, 1.165) is 5.56 Å². The third kappa shape index (κ3) is 2.45. The van der Waals surface area contributed by atoms with Crippen molar-refractivity contribution in [2.45, 2.75) is 0 Å². The summed E-state index contributed by atoms with van der Waals surface area (Å²) in [5.74, 6) is 1.63. The Morgan fingerprint density at radius 3 is 2.00 bits per heavy atom. The van der Waals surface area contributed by atoms with Gasteiger partial charge in [-0.25, -0.2) is 0 Å². The van der Waals surface area contributed by atoms with E-state index in [1.807, 2.05) is 12.1 Å². The van der Waals surface area contributed by atoms with Crippen molar-refractivity contribution in [1.29, 1.82) is 0 Å². The van der Waals surface area contributed by atoms with Crippen molar-refractivity contribution in [1.82, 2.24) is 4.98 Å². The fraction of sp³-hybridized carbons (Fsp3) is 0.154. The maximum Gasteiger partial charge on any atom is 0.250 e. The summed E-state index contributed by atoms with van der Waals surface area (Å²) in [4.78, 5) is 13.9. The standard InChI is InChI=1S/C13H14N2O3/c1-17-10-3-8(4-11(7-10)18-2)9-5-12(14)15-13(16)6-9/h3-7H,1-2H3,(H3,14,15,16). The van der Waals surface area contributed by atoms with Crippen molar-refractivity contribution >= 4 is 5.82 Å². The molecule has 0 aliphatic carbocycles. The highest BCUT2D eigenvalue weighted by Crippen LogP contribution is 2.29. The van der Waals surface area contributed by atoms with Gasteiger partial charge in [-0.05, 0) is 29.3 Å². The zero-order chi connectivity index (χ0) is 13.1. The average Bonchev–Trinajstić information content (AvgIpc) is 2.37. The summed E-state index contributed by atoms with van der Waals surface area (Å²) in [6, 6.07) is 8.56. The molecular formula is C13H14N2O3. The highest BCUT2D eigenvalue weighted by molar-refractivity contribution is 5.69. The van der Waals surface area contributed by atoms with Crippen LogP contribution in [0.4, 0.5) is 5.82 Å². The predicted molar refractivity (Wildman–Crippen MR) is 70.0 cm³/mol. The molecule has 3 N–H and O–H groups in total. The minimum Gasteiger partial charge on any atom is -0.497 e. The SMILES string of the molecule is COc1cc(OC)cc(-c2cc(N)[nH]c(=O)c2)c1. The monoisotopic (exact) mass is 246 g/mol. The lowest BCUT2D eigenvalue weighted by Crippen LogP contribution is -2.07. The molecule has 0 aliphatic rings. The van der Waals surface area contributed by atoms with E-state index in [4.69, 9.17) is 15.2 Å². The Kier molecular flexibility index (Phi) is 3.23. The van der Waals surface area contributed by atoms with Gasteiger partial charge >= 0.3 is 0 Å². The molecule has 2 rings (SSSR count). The van der Waals surface area contributed by atoms with E-state index in [0.29, 0.717) is 22.9 Å². The highest BCUT2D eigenvalue weighted by atomic mass is 16.5. The molecule has 0 unspecified atom stereocenters. The molecule has 0 atom stereocenters. The first-order valence-corrected chi connectivity index (χ1v) is 5.35. The number of rotatable bonds is 3. The molecule has 1 aromatic carbocycles. The number of aromatic nitrogens is 1. The summed E-state index contributed by atoms with van der Waals surface area (Å²) in [7, 11) is 3.15. The second kappa shape index (κ2) is 4.83. The molecule has 0 aliphatic heterocycles. The Hall–Kier alpha value is -2.43. The van der Waals surface area contributed by atoms with E-state index < -0.39 is 0 Å². The average molecular weight is 246 g/mol. The van der Waals surface area contributed by atoms with Crippen molar-refractivity contribution in [3.63, 3.8) is 0 Å². The maximum absolute atomic E-state index is 11.4. The number of anilines is 1. The van der Waals surface area contributed by atoms with Gasteiger partial charge in [0.05, 0.1) is 14.2 Å². The minimum absolute atomic E-state index is 0.244. The van der Waals surface area contributed by atoms with Crippen LogP contribution in [0.5, 0.6) is 11.5 Å². The second-order valence-electron chi connectivity index (χ2n) is 3.79. The van der Waals surface area contributed by atoms with Gasteiger partial charge in [-0.15, -0.1) is 0 Å². The summed E-state index contributed by atoms with van der Waals surface area (Å²) in [6.07, 6.45) is 0. The van der Waals surface area contributed by atoms with Crippen LogP contribution >= 0.6 is 0 Å². The lowest BCUT2D eigenvalue weighted by atomic mass is 10.1. The van der Waals surface area contributed by atoms with E-state index >= 15 is 0 Å². The van der Waals surface area contributed by atoms with Crippen LogP contribution in [0.2, 0.25) is 0 Å². The van der Waals surface area contributed by atoms with Crippen LogP contribution in [-0.4, -0.2) is 19.2 Å². The molecule has 0 bridgehead atoms. The lowest BCUT2D eigenvalue weighted by molar-refractivity contribution is 0.394. The van der Waals surface area contributed by atoms with Crippen molar-refractivity contribution in [3.8, 4) is 22.6 Å². The molecule has 18 heavy (non-hydrogen) atoms. The van der Waals surface area contributed by atoms with Crippen molar-refractivity contribution in [2.75, 3.05) is 20.0 Å². The third-order valence-corrected chi connectivity index (χ3v) is 2.55. The number of pyridine rings is 1. The molecule has 0 saturated heterocycles. The smallest absolute Gasteiger partial charge is 0.250 e. The zero-order valence-electron chi connectivity index (χ0n) is 10.2. The number of methoxy groups -OCH3 is 2. The van der Waals surface area contributed by atoms with Crippen LogP contribution in [0.3, 0.4) is 0 Å². The summed E-state index contributed by atoms with van der Waals surface area (Å²) >= 11 is 0. The summed E-state index contributed by atoms with van der Waals surface area (Å²) < 4.78 is 10.4. The third-order valence-electron chi connectivity index (χ3n) is 2.55. The van der Waals surface area contributed by atoms with Crippen LogP contribution < -0.4 is 20.8 Å². The first-order valence-electron chi connectivity index (χ1n) is 5.35. The fourth-order valence-corrected chi connectivity index (χ4v) is 1.71. The Morgan fingerprint density at radius 2 is 1.50 bits per heavy atom. The van der Waals surface area contributed by atoms with Crippen LogP contribution in [0.1, 0.15) is 0 Å². The van der Waals surface area contributed by atoms with Gasteiger partial charge in [0.2, 0.25) is 5.56 Å². The molecule has 0 amide bonds. The molecule has 0 saturated carbocycles. The number of aromatic amines is 1. The highest BCUT2D eigenvalue weighted by Gasteiger charge is 2.05. The van der Waals surface area contributed by atoms with Gasteiger partial charge in [0, 0.05) is 12.1 Å². The molecule has 5 heteroatoms. The van der Waals surface area contributed by atoms with E-state index in [1.54, 1.807) is 26.4 Å². The largest absolute Gasteiger partial charge is 0.497 e. The number of ether oxygens (including phenoxy) is 2. The predicted octanol–water partition coefficient (Wildman–Crippen LogP) is 1.64. The van der Waals surface area contributed by atoms with Gasteiger partial charge in [-0.1, -0.05) is 0 Å². The van der Waals surface area contributed by atoms with Gasteiger partial charge in [0.1, 0.15) is 17.3 Å². The summed E-state index contributed by atoms with van der Waals surface area (Å²) in [5.41, 5.74) is 6.90. The van der Waals surface area contributed by atoms with Crippen LogP contribution in [0.25, 0.3) is 11.1 Å². The van der Waals surface area contributed by atoms with Gasteiger partial charge in [-0.3, -0.25) is 4.79 Å². The number of nitrogen functional groups attached to an aromatic ring is 1. The number of benzene rings is 1. The molecular weight excluding hydrogens is 232 g/mol. The van der Waals surface area contributed by atoms with E-state index in [2.05, 4.69) is 4.98 Å². The number of hydrogen-bond donors (Lipinski definition) is 2. The molecule has 2 aromatic rings. The van der Waals surface area contributed by atoms with Crippen LogP contribution in [-0.2, 0) is 0 Å². The molecule has 1 aromatic heterocycles. The van der Waals surface area contributed by atoms with E-state index in [1.165, 1.54) is 6.07 Å². The topological polar surface area (TPSA) is 77.3 Å². The molecule has 0 fully saturated rings. The van der Waals surface area contributed by atoms with Gasteiger partial charge in [0.15, 0.2) is 0 Å². The first-order chi connectivity index (χ1) is 8.62. The molecule has 1 heterocycles. The van der Waals surface area contributed by atoms with Gasteiger partial charge < -0.3 is 20.2 Å². The van der Waals surface area contributed by atoms with Crippen LogP contribution in [0, 0.1) is 0 Å². The second-order valence-corrected chi connectivity index (χ2v) is 3.79. The number of hydrogen-bond acceptors (Lipinski definition) is 4. The zero-order valence-corrected chi connectivity index (χ0v) is 10.2. The normalized spacial score (nSPS) is 10.1. The maximum atomic E-state index is 11.4. The van der Waals surface area contributed by atoms with Gasteiger partial charge in [0.25, 0.3) is 0 Å². The Balaban J connectivity index is 2.58. The van der Waals surface area contributed by atoms with Crippen molar-refractivity contribution in [3.05, 3.63) is 40.7 Å². The number of nitrogens with two attached hydrogens (primary N) is 1. The fourth-order valence-electron chi connectivity index (χ4n) is 1.71.